The Morgan fingerprint density at radius 1 is 1.43 bits per heavy atom. The van der Waals surface area contributed by atoms with Crippen LogP contribution in [0.4, 0.5) is 0 Å². The fraction of sp³-hybridized carbons (Fsp3) is 0.500. The lowest BCUT2D eigenvalue weighted by atomic mass is 10.2. The normalized spacial score (nSPS) is 20.3. The molecule has 0 saturated carbocycles. The lowest BCUT2D eigenvalue weighted by Gasteiger charge is -2.22. The summed E-state index contributed by atoms with van der Waals surface area (Å²) < 4.78 is 26.2. The van der Waals surface area contributed by atoms with Crippen molar-refractivity contribution in [3.05, 3.63) is 29.3 Å². The second-order valence-electron chi connectivity index (χ2n) is 5.38. The maximum absolute atomic E-state index is 11.7. The summed E-state index contributed by atoms with van der Waals surface area (Å²) >= 11 is 1.68. The molecule has 0 amide bonds. The fourth-order valence-electron chi connectivity index (χ4n) is 2.79. The van der Waals surface area contributed by atoms with Crippen molar-refractivity contribution in [2.75, 3.05) is 19.3 Å². The van der Waals surface area contributed by atoms with E-state index in [0.717, 1.165) is 23.4 Å². The average Bonchev–Trinajstić information content (AvgIpc) is 3.03. The molecule has 1 aromatic carbocycles. The monoisotopic (exact) mass is 325 g/mol. The molecule has 1 aromatic heterocycles. The molecule has 1 fully saturated rings. The molecule has 114 valence electrons. The van der Waals surface area contributed by atoms with Gasteiger partial charge in [0, 0.05) is 25.7 Å². The third-order valence-electron chi connectivity index (χ3n) is 3.74. The third-order valence-corrected chi connectivity index (χ3v) is 6.11. The maximum Gasteiger partial charge on any atom is 0.211 e. The predicted octanol–water partition coefficient (Wildman–Crippen LogP) is 1.81. The van der Waals surface area contributed by atoms with E-state index in [1.165, 1.54) is 11.0 Å². The van der Waals surface area contributed by atoms with Crippen molar-refractivity contribution < 1.29 is 8.42 Å². The summed E-state index contributed by atoms with van der Waals surface area (Å²) in [7, 11) is -3.09. The zero-order chi connectivity index (χ0) is 14.9. The first-order chi connectivity index (χ1) is 10.0. The highest BCUT2D eigenvalue weighted by atomic mass is 32.2. The van der Waals surface area contributed by atoms with Crippen LogP contribution in [-0.4, -0.2) is 43.1 Å². The number of thiazole rings is 1. The van der Waals surface area contributed by atoms with Crippen molar-refractivity contribution in [1.82, 2.24) is 14.6 Å². The van der Waals surface area contributed by atoms with Gasteiger partial charge in [-0.05, 0) is 25.0 Å². The number of para-hydroxylation sites is 1. The number of hydrogen-bond acceptors (Lipinski definition) is 5. The average molecular weight is 325 g/mol. The Labute approximate surface area is 129 Å². The van der Waals surface area contributed by atoms with Gasteiger partial charge in [0.05, 0.1) is 16.5 Å². The van der Waals surface area contributed by atoms with E-state index in [-0.39, 0.29) is 6.04 Å². The van der Waals surface area contributed by atoms with Gasteiger partial charge in [-0.3, -0.25) is 0 Å². The SMILES string of the molecule is CS(=O)(=O)N1CCC[C@@H]1CNCc1nc2ccccc2s1. The van der Waals surface area contributed by atoms with Gasteiger partial charge in [-0.1, -0.05) is 12.1 Å². The van der Waals surface area contributed by atoms with Crippen LogP contribution in [0.15, 0.2) is 24.3 Å². The number of aromatic nitrogens is 1. The van der Waals surface area contributed by atoms with Crippen molar-refractivity contribution in [2.45, 2.75) is 25.4 Å². The largest absolute Gasteiger partial charge is 0.309 e. The highest BCUT2D eigenvalue weighted by molar-refractivity contribution is 7.88. The van der Waals surface area contributed by atoms with Gasteiger partial charge in [0.15, 0.2) is 0 Å². The molecule has 0 radical (unpaired) electrons. The standard InChI is InChI=1S/C14H19N3O2S2/c1-21(18,19)17-8-4-5-11(17)9-15-10-14-16-12-6-2-3-7-13(12)20-14/h2-3,6-7,11,15H,4-5,8-10H2,1H3/t11-/m1/s1. The van der Waals surface area contributed by atoms with E-state index in [0.29, 0.717) is 19.6 Å². The van der Waals surface area contributed by atoms with E-state index in [9.17, 15) is 8.42 Å². The summed E-state index contributed by atoms with van der Waals surface area (Å²) in [5.74, 6) is 0. The highest BCUT2D eigenvalue weighted by Gasteiger charge is 2.30. The molecule has 1 saturated heterocycles. The van der Waals surface area contributed by atoms with Gasteiger partial charge in [-0.2, -0.15) is 4.31 Å². The second kappa shape index (κ2) is 6.00. The second-order valence-corrected chi connectivity index (χ2v) is 8.43. The molecule has 21 heavy (non-hydrogen) atoms. The van der Waals surface area contributed by atoms with Crippen LogP contribution in [0.3, 0.4) is 0 Å². The van der Waals surface area contributed by atoms with Crippen LogP contribution in [0.2, 0.25) is 0 Å². The minimum absolute atomic E-state index is 0.0781. The van der Waals surface area contributed by atoms with Crippen LogP contribution in [0.1, 0.15) is 17.8 Å². The van der Waals surface area contributed by atoms with E-state index in [1.807, 2.05) is 18.2 Å². The van der Waals surface area contributed by atoms with Crippen LogP contribution in [-0.2, 0) is 16.6 Å². The number of hydrogen-bond donors (Lipinski definition) is 1. The molecule has 7 heteroatoms. The number of nitrogens with zero attached hydrogens (tertiary/aromatic N) is 2. The molecule has 0 unspecified atom stereocenters. The van der Waals surface area contributed by atoms with E-state index >= 15 is 0 Å². The summed E-state index contributed by atoms with van der Waals surface area (Å²) in [6.45, 7) is 2.02. The van der Waals surface area contributed by atoms with Crippen molar-refractivity contribution in [2.24, 2.45) is 0 Å². The van der Waals surface area contributed by atoms with E-state index in [2.05, 4.69) is 16.4 Å². The van der Waals surface area contributed by atoms with Crippen molar-refractivity contribution in [1.29, 1.82) is 0 Å². The molecule has 1 aliphatic rings. The van der Waals surface area contributed by atoms with Gasteiger partial charge >= 0.3 is 0 Å². The van der Waals surface area contributed by atoms with Gasteiger partial charge in [-0.15, -0.1) is 11.3 Å². The third kappa shape index (κ3) is 3.42. The number of nitrogens with one attached hydrogen (secondary N) is 1. The molecule has 2 heterocycles. The molecular weight excluding hydrogens is 306 g/mol. The van der Waals surface area contributed by atoms with E-state index in [1.54, 1.807) is 15.6 Å². The quantitative estimate of drug-likeness (QED) is 0.911. The van der Waals surface area contributed by atoms with Crippen molar-refractivity contribution in [3.63, 3.8) is 0 Å². The Kier molecular flexibility index (Phi) is 4.26. The summed E-state index contributed by atoms with van der Waals surface area (Å²) in [6, 6.07) is 8.16. The van der Waals surface area contributed by atoms with Crippen LogP contribution >= 0.6 is 11.3 Å². The van der Waals surface area contributed by atoms with Gasteiger partial charge in [0.2, 0.25) is 10.0 Å². The molecule has 1 N–H and O–H groups in total. The Morgan fingerprint density at radius 2 is 2.24 bits per heavy atom. The minimum Gasteiger partial charge on any atom is -0.309 e. The molecule has 5 nitrogen and oxygen atoms in total. The van der Waals surface area contributed by atoms with E-state index in [4.69, 9.17) is 0 Å². The lowest BCUT2D eigenvalue weighted by molar-refractivity contribution is 0.374. The first-order valence-electron chi connectivity index (χ1n) is 7.06. The summed E-state index contributed by atoms with van der Waals surface area (Å²) in [4.78, 5) is 4.57. The van der Waals surface area contributed by atoms with E-state index < -0.39 is 10.0 Å². The Hall–Kier alpha value is -1.02. The van der Waals surface area contributed by atoms with Crippen LogP contribution in [0, 0.1) is 0 Å². The Balaban J connectivity index is 1.58. The Morgan fingerprint density at radius 3 is 3.00 bits per heavy atom. The first-order valence-corrected chi connectivity index (χ1v) is 9.72. The highest BCUT2D eigenvalue weighted by Crippen LogP contribution is 2.22. The minimum atomic E-state index is -3.09. The topological polar surface area (TPSA) is 62.3 Å². The summed E-state index contributed by atoms with van der Waals surface area (Å²) in [6.07, 6.45) is 3.17. The maximum atomic E-state index is 11.7. The van der Waals surface area contributed by atoms with Crippen molar-refractivity contribution in [3.8, 4) is 0 Å². The molecule has 1 aliphatic heterocycles. The summed E-state index contributed by atoms with van der Waals surface area (Å²) in [5.41, 5.74) is 1.03. The number of rotatable bonds is 5. The van der Waals surface area contributed by atoms with Crippen LogP contribution in [0.25, 0.3) is 10.2 Å². The number of benzene rings is 1. The van der Waals surface area contributed by atoms with Gasteiger partial charge < -0.3 is 5.32 Å². The van der Waals surface area contributed by atoms with Crippen molar-refractivity contribution >= 4 is 31.6 Å². The molecule has 0 spiro atoms. The lowest BCUT2D eigenvalue weighted by Crippen LogP contribution is -2.40. The smallest absolute Gasteiger partial charge is 0.211 e. The molecular formula is C14H19N3O2S2. The Bertz CT molecular complexity index is 694. The van der Waals surface area contributed by atoms with Crippen LogP contribution < -0.4 is 5.32 Å². The van der Waals surface area contributed by atoms with Gasteiger partial charge in [0.25, 0.3) is 0 Å². The van der Waals surface area contributed by atoms with Crippen LogP contribution in [0.5, 0.6) is 0 Å². The number of fused-ring (bicyclic) bond motifs is 1. The zero-order valence-electron chi connectivity index (χ0n) is 11.9. The van der Waals surface area contributed by atoms with Gasteiger partial charge in [-0.25, -0.2) is 13.4 Å². The molecule has 3 rings (SSSR count). The molecule has 2 aromatic rings. The molecule has 0 aliphatic carbocycles. The fourth-order valence-corrected chi connectivity index (χ4v) is 4.91. The summed E-state index contributed by atoms with van der Waals surface area (Å²) in [5, 5.41) is 4.39. The molecule has 0 bridgehead atoms. The molecule has 1 atom stereocenters. The van der Waals surface area contributed by atoms with Gasteiger partial charge in [0.1, 0.15) is 5.01 Å². The zero-order valence-corrected chi connectivity index (χ0v) is 13.6. The predicted molar refractivity (Wildman–Crippen MR) is 85.9 cm³/mol. The first kappa shape index (κ1) is 14.9. The number of sulfonamides is 1.